The average molecular weight is 379 g/mol. The molecule has 1 aliphatic heterocycles. The van der Waals surface area contributed by atoms with Crippen molar-refractivity contribution in [2.45, 2.75) is 52.6 Å². The van der Waals surface area contributed by atoms with Gasteiger partial charge in [0.05, 0.1) is 18.2 Å². The lowest BCUT2D eigenvalue weighted by molar-refractivity contribution is -0.131. The van der Waals surface area contributed by atoms with Gasteiger partial charge < -0.3 is 14.0 Å². The molecular formula is C21H25N5O2. The second-order valence-corrected chi connectivity index (χ2v) is 7.42. The minimum Gasteiger partial charge on any atom is -0.361 e. The zero-order valence-electron chi connectivity index (χ0n) is 16.6. The van der Waals surface area contributed by atoms with Crippen LogP contribution in [0.15, 0.2) is 35.2 Å². The molecule has 146 valence electrons. The highest BCUT2D eigenvalue weighted by Gasteiger charge is 2.33. The molecule has 0 aliphatic carbocycles. The van der Waals surface area contributed by atoms with Gasteiger partial charge in [-0.3, -0.25) is 9.78 Å². The van der Waals surface area contributed by atoms with Gasteiger partial charge in [0, 0.05) is 42.9 Å². The number of carbonyl (C=O) groups excluding carboxylic acids is 1. The predicted octanol–water partition coefficient (Wildman–Crippen LogP) is 3.15. The van der Waals surface area contributed by atoms with E-state index < -0.39 is 0 Å². The Morgan fingerprint density at radius 1 is 1.25 bits per heavy atom. The number of pyridine rings is 1. The van der Waals surface area contributed by atoms with Gasteiger partial charge >= 0.3 is 0 Å². The number of hydrogen-bond acceptors (Lipinski definition) is 5. The zero-order chi connectivity index (χ0) is 19.7. The van der Waals surface area contributed by atoms with E-state index in [1.165, 1.54) is 5.56 Å². The van der Waals surface area contributed by atoms with Crippen molar-refractivity contribution in [3.63, 3.8) is 0 Å². The fourth-order valence-electron chi connectivity index (χ4n) is 3.96. The maximum atomic E-state index is 13.1. The van der Waals surface area contributed by atoms with Crippen LogP contribution >= 0.6 is 0 Å². The smallest absolute Gasteiger partial charge is 0.227 e. The van der Waals surface area contributed by atoms with Gasteiger partial charge in [-0.2, -0.15) is 0 Å². The molecule has 0 saturated carbocycles. The van der Waals surface area contributed by atoms with Crippen LogP contribution in [0.1, 0.15) is 53.0 Å². The molecule has 0 unspecified atom stereocenters. The summed E-state index contributed by atoms with van der Waals surface area (Å²) in [5.74, 6) is 1.78. The number of nitrogens with zero attached hydrogens (tertiary/aromatic N) is 5. The Balaban J connectivity index is 1.58. The van der Waals surface area contributed by atoms with Crippen LogP contribution < -0.4 is 0 Å². The van der Waals surface area contributed by atoms with Crippen LogP contribution in [0.2, 0.25) is 0 Å². The third kappa shape index (κ3) is 3.44. The second-order valence-electron chi connectivity index (χ2n) is 7.42. The molecule has 4 rings (SSSR count). The van der Waals surface area contributed by atoms with Gasteiger partial charge in [0.2, 0.25) is 5.91 Å². The molecule has 1 amide bonds. The maximum absolute atomic E-state index is 13.1. The highest BCUT2D eigenvalue weighted by atomic mass is 16.5. The molecule has 1 saturated heterocycles. The Labute approximate surface area is 164 Å². The first-order chi connectivity index (χ1) is 13.5. The summed E-state index contributed by atoms with van der Waals surface area (Å²) in [5.41, 5.74) is 3.95. The second kappa shape index (κ2) is 7.58. The first-order valence-corrected chi connectivity index (χ1v) is 9.66. The van der Waals surface area contributed by atoms with E-state index in [1.54, 1.807) is 12.4 Å². The summed E-state index contributed by atoms with van der Waals surface area (Å²) in [6, 6.07) is 4.03. The van der Waals surface area contributed by atoms with Crippen molar-refractivity contribution in [3.05, 3.63) is 64.8 Å². The molecule has 1 aliphatic rings. The molecule has 28 heavy (non-hydrogen) atoms. The lowest BCUT2D eigenvalue weighted by Crippen LogP contribution is -2.33. The zero-order valence-corrected chi connectivity index (χ0v) is 16.6. The molecule has 7 heteroatoms. The summed E-state index contributed by atoms with van der Waals surface area (Å²) < 4.78 is 7.43. The standard InChI is InChI=1S/C21H25N5O2/c1-14-12-23-21(26(14)13-17-6-8-22-9-7-17)19-5-4-10-25(19)20(27)11-18-15(2)24-28-16(18)3/h6-9,12,19H,4-5,10-11,13H2,1-3H3/t19-/m0/s1. The van der Waals surface area contributed by atoms with E-state index in [2.05, 4.69) is 26.6 Å². The molecule has 0 N–H and O–H groups in total. The third-order valence-electron chi connectivity index (χ3n) is 5.56. The van der Waals surface area contributed by atoms with E-state index in [-0.39, 0.29) is 11.9 Å². The molecule has 0 spiro atoms. The molecule has 4 heterocycles. The van der Waals surface area contributed by atoms with E-state index in [0.717, 1.165) is 54.5 Å². The Morgan fingerprint density at radius 2 is 2.04 bits per heavy atom. The van der Waals surface area contributed by atoms with Crippen LogP contribution in [0.25, 0.3) is 0 Å². The first kappa shape index (κ1) is 18.4. The van der Waals surface area contributed by atoms with Gasteiger partial charge in [-0.05, 0) is 51.3 Å². The van der Waals surface area contributed by atoms with Crippen LogP contribution in [-0.2, 0) is 17.8 Å². The lowest BCUT2D eigenvalue weighted by Gasteiger charge is -2.25. The van der Waals surface area contributed by atoms with E-state index in [9.17, 15) is 4.79 Å². The third-order valence-corrected chi connectivity index (χ3v) is 5.56. The fourth-order valence-corrected chi connectivity index (χ4v) is 3.96. The molecule has 0 bridgehead atoms. The summed E-state index contributed by atoms with van der Waals surface area (Å²) in [5, 5.41) is 3.97. The molecular weight excluding hydrogens is 354 g/mol. The fraction of sp³-hybridized carbons (Fsp3) is 0.429. The normalized spacial score (nSPS) is 16.7. The van der Waals surface area contributed by atoms with Gasteiger partial charge in [-0.25, -0.2) is 4.98 Å². The summed E-state index contributed by atoms with van der Waals surface area (Å²) in [6.07, 6.45) is 7.74. The van der Waals surface area contributed by atoms with Crippen LogP contribution in [0, 0.1) is 20.8 Å². The number of likely N-dealkylation sites (tertiary alicyclic amines) is 1. The Bertz CT molecular complexity index is 957. The number of rotatable bonds is 5. The van der Waals surface area contributed by atoms with Gasteiger partial charge in [0.1, 0.15) is 11.6 Å². The summed E-state index contributed by atoms with van der Waals surface area (Å²) in [4.78, 5) is 23.8. The number of hydrogen-bond donors (Lipinski definition) is 0. The molecule has 3 aromatic heterocycles. The van der Waals surface area contributed by atoms with Crippen LogP contribution in [0.5, 0.6) is 0 Å². The molecule has 3 aromatic rings. The minimum absolute atomic E-state index is 0.00325. The molecule has 0 aromatic carbocycles. The number of imidazole rings is 1. The monoisotopic (exact) mass is 379 g/mol. The van der Waals surface area contributed by atoms with Crippen molar-refractivity contribution in [1.29, 1.82) is 0 Å². The number of amides is 1. The lowest BCUT2D eigenvalue weighted by atomic mass is 10.1. The molecule has 1 fully saturated rings. The van der Waals surface area contributed by atoms with Crippen molar-refractivity contribution in [1.82, 2.24) is 24.6 Å². The van der Waals surface area contributed by atoms with Crippen molar-refractivity contribution >= 4 is 5.91 Å². The van der Waals surface area contributed by atoms with Gasteiger partial charge in [0.25, 0.3) is 0 Å². The Morgan fingerprint density at radius 3 is 2.75 bits per heavy atom. The van der Waals surface area contributed by atoms with Gasteiger partial charge in [-0.1, -0.05) is 5.16 Å². The quantitative estimate of drug-likeness (QED) is 0.681. The van der Waals surface area contributed by atoms with Crippen LogP contribution in [0.3, 0.4) is 0 Å². The van der Waals surface area contributed by atoms with E-state index in [4.69, 9.17) is 4.52 Å². The summed E-state index contributed by atoms with van der Waals surface area (Å²) in [7, 11) is 0. The van der Waals surface area contributed by atoms with Crippen molar-refractivity contribution in [3.8, 4) is 0 Å². The number of aromatic nitrogens is 4. The maximum Gasteiger partial charge on any atom is 0.227 e. The van der Waals surface area contributed by atoms with E-state index >= 15 is 0 Å². The van der Waals surface area contributed by atoms with Crippen molar-refractivity contribution in [2.75, 3.05) is 6.54 Å². The van der Waals surface area contributed by atoms with Gasteiger partial charge in [0.15, 0.2) is 0 Å². The van der Waals surface area contributed by atoms with Crippen LogP contribution in [0.4, 0.5) is 0 Å². The topological polar surface area (TPSA) is 77.0 Å². The van der Waals surface area contributed by atoms with Crippen molar-refractivity contribution < 1.29 is 9.32 Å². The predicted molar refractivity (Wildman–Crippen MR) is 104 cm³/mol. The SMILES string of the molecule is Cc1noc(C)c1CC(=O)N1CCC[C@H]1c1ncc(C)n1Cc1ccncc1. The largest absolute Gasteiger partial charge is 0.361 e. The highest BCUT2D eigenvalue weighted by Crippen LogP contribution is 2.33. The average Bonchev–Trinajstić information content (AvgIpc) is 3.39. The van der Waals surface area contributed by atoms with Crippen LogP contribution in [-0.4, -0.2) is 37.0 Å². The molecule has 1 atom stereocenters. The highest BCUT2D eigenvalue weighted by molar-refractivity contribution is 5.80. The summed E-state index contributed by atoms with van der Waals surface area (Å²) >= 11 is 0. The minimum atomic E-state index is 0.00325. The summed E-state index contributed by atoms with van der Waals surface area (Å²) in [6.45, 7) is 7.28. The number of aryl methyl sites for hydroxylation is 3. The van der Waals surface area contributed by atoms with E-state index in [0.29, 0.717) is 6.42 Å². The first-order valence-electron chi connectivity index (χ1n) is 9.66. The molecule has 7 nitrogen and oxygen atoms in total. The van der Waals surface area contributed by atoms with E-state index in [1.807, 2.05) is 37.1 Å². The van der Waals surface area contributed by atoms with Crippen molar-refractivity contribution in [2.24, 2.45) is 0 Å². The Kier molecular flexibility index (Phi) is 4.98. The van der Waals surface area contributed by atoms with Gasteiger partial charge in [-0.15, -0.1) is 0 Å². The molecule has 0 radical (unpaired) electrons. The Hall–Kier alpha value is -2.96. The number of carbonyl (C=O) groups is 1.